The summed E-state index contributed by atoms with van der Waals surface area (Å²) in [4.78, 5) is 22.1. The smallest absolute Gasteiger partial charge is 0.365 e. The molecule has 0 aliphatic carbocycles. The van der Waals surface area contributed by atoms with Crippen LogP contribution in [0.4, 0.5) is 24.7 Å². The van der Waals surface area contributed by atoms with Crippen LogP contribution in [0.5, 0.6) is 0 Å². The Morgan fingerprint density at radius 3 is 3.00 bits per heavy atom. The molecule has 0 radical (unpaired) electrons. The number of fused-ring (bicyclic) bond motifs is 1. The SMILES string of the molecule is Cn1cc(NC(=O)c2csc3ncc(NC4CCCCNC4)nc23)c(C(F)(F)F)n1. The Labute approximate surface area is 173 Å². The van der Waals surface area contributed by atoms with Crippen molar-refractivity contribution in [2.75, 3.05) is 23.7 Å². The molecule has 1 aliphatic rings. The molecule has 1 aliphatic heterocycles. The molecule has 30 heavy (non-hydrogen) atoms. The fourth-order valence-corrected chi connectivity index (χ4v) is 4.20. The lowest BCUT2D eigenvalue weighted by Crippen LogP contribution is -2.31. The summed E-state index contributed by atoms with van der Waals surface area (Å²) in [7, 11) is 1.36. The first kappa shape index (κ1) is 20.5. The summed E-state index contributed by atoms with van der Waals surface area (Å²) in [5.74, 6) is -0.164. The molecule has 3 aromatic rings. The number of carbonyl (C=O) groups excluding carboxylic acids is 1. The molecule has 1 unspecified atom stereocenters. The number of halogens is 3. The number of nitrogens with zero attached hydrogens (tertiary/aromatic N) is 4. The predicted molar refractivity (Wildman–Crippen MR) is 108 cm³/mol. The first-order chi connectivity index (χ1) is 14.3. The molecule has 4 rings (SSSR count). The third-order valence-electron chi connectivity index (χ3n) is 4.77. The first-order valence-electron chi connectivity index (χ1n) is 9.45. The molecular formula is C18H20F3N7OS. The molecule has 0 saturated carbocycles. The predicted octanol–water partition coefficient (Wildman–Crippen LogP) is 3.25. The highest BCUT2D eigenvalue weighted by atomic mass is 32.1. The Hall–Kier alpha value is -2.73. The van der Waals surface area contributed by atoms with Crippen LogP contribution in [0, 0.1) is 0 Å². The number of aromatic nitrogens is 4. The number of anilines is 2. The van der Waals surface area contributed by atoms with E-state index >= 15 is 0 Å². The minimum atomic E-state index is -4.68. The molecular weight excluding hydrogens is 419 g/mol. The quantitative estimate of drug-likeness (QED) is 0.578. The van der Waals surface area contributed by atoms with Gasteiger partial charge in [-0.3, -0.25) is 9.48 Å². The number of hydrogen-bond donors (Lipinski definition) is 3. The molecule has 12 heteroatoms. The fourth-order valence-electron chi connectivity index (χ4n) is 3.37. The maximum Gasteiger partial charge on any atom is 0.437 e. The third-order valence-corrected chi connectivity index (χ3v) is 5.65. The summed E-state index contributed by atoms with van der Waals surface area (Å²) in [5, 5.41) is 13.9. The molecule has 0 bridgehead atoms. The first-order valence-corrected chi connectivity index (χ1v) is 10.3. The lowest BCUT2D eigenvalue weighted by atomic mass is 10.1. The number of aryl methyl sites for hydroxylation is 1. The van der Waals surface area contributed by atoms with E-state index in [0.717, 1.165) is 43.2 Å². The van der Waals surface area contributed by atoms with Crippen molar-refractivity contribution >= 4 is 39.1 Å². The second-order valence-corrected chi connectivity index (χ2v) is 7.97. The molecule has 1 amide bonds. The van der Waals surface area contributed by atoms with Crippen molar-refractivity contribution in [1.82, 2.24) is 25.1 Å². The number of hydrogen-bond acceptors (Lipinski definition) is 7. The molecule has 3 aromatic heterocycles. The van der Waals surface area contributed by atoms with Crippen molar-refractivity contribution in [3.05, 3.63) is 29.0 Å². The number of thiophene rings is 1. The van der Waals surface area contributed by atoms with Gasteiger partial charge in [0, 0.05) is 31.2 Å². The molecule has 1 fully saturated rings. The Bertz CT molecular complexity index is 1050. The highest BCUT2D eigenvalue weighted by molar-refractivity contribution is 7.17. The average Bonchev–Trinajstić information content (AvgIpc) is 3.17. The molecule has 1 atom stereocenters. The Kier molecular flexibility index (Phi) is 5.60. The normalized spacial score (nSPS) is 17.7. The summed E-state index contributed by atoms with van der Waals surface area (Å²) < 4.78 is 40.5. The summed E-state index contributed by atoms with van der Waals surface area (Å²) in [6, 6.07) is 0.194. The van der Waals surface area contributed by atoms with Crippen LogP contribution in [0.25, 0.3) is 10.3 Å². The van der Waals surface area contributed by atoms with Gasteiger partial charge in [-0.1, -0.05) is 6.42 Å². The van der Waals surface area contributed by atoms with E-state index in [1.807, 2.05) is 0 Å². The molecule has 4 heterocycles. The van der Waals surface area contributed by atoms with Gasteiger partial charge >= 0.3 is 6.18 Å². The van der Waals surface area contributed by atoms with Gasteiger partial charge in [0.2, 0.25) is 0 Å². The van der Waals surface area contributed by atoms with E-state index in [-0.39, 0.29) is 11.6 Å². The van der Waals surface area contributed by atoms with Crippen LogP contribution in [0.15, 0.2) is 17.8 Å². The fraction of sp³-hybridized carbons (Fsp3) is 0.444. The molecule has 8 nitrogen and oxygen atoms in total. The standard InChI is InChI=1S/C18H20F3N7OS/c1-28-8-12(15(27-28)18(19,20)21)25-16(29)11-9-30-17-14(11)26-13(7-23-17)24-10-4-2-3-5-22-6-10/h7-10,22H,2-6H2,1H3,(H,24,26)(H,25,29). The highest BCUT2D eigenvalue weighted by Crippen LogP contribution is 2.34. The lowest BCUT2D eigenvalue weighted by Gasteiger charge is -2.16. The number of carbonyl (C=O) groups is 1. The molecule has 3 N–H and O–H groups in total. The maximum atomic E-state index is 13.2. The monoisotopic (exact) mass is 439 g/mol. The van der Waals surface area contributed by atoms with Crippen molar-refractivity contribution in [1.29, 1.82) is 0 Å². The third kappa shape index (κ3) is 4.38. The van der Waals surface area contributed by atoms with Gasteiger partial charge in [-0.05, 0) is 19.4 Å². The van der Waals surface area contributed by atoms with Crippen LogP contribution < -0.4 is 16.0 Å². The van der Waals surface area contributed by atoms with Crippen molar-refractivity contribution in [3.63, 3.8) is 0 Å². The van der Waals surface area contributed by atoms with Crippen molar-refractivity contribution in [3.8, 4) is 0 Å². The number of nitrogens with one attached hydrogen (secondary N) is 3. The zero-order valence-corrected chi connectivity index (χ0v) is 16.9. The van der Waals surface area contributed by atoms with E-state index in [9.17, 15) is 18.0 Å². The van der Waals surface area contributed by atoms with Gasteiger partial charge in [-0.15, -0.1) is 11.3 Å². The molecule has 0 aromatic carbocycles. The maximum absolute atomic E-state index is 13.2. The highest BCUT2D eigenvalue weighted by Gasteiger charge is 2.37. The Morgan fingerprint density at radius 1 is 1.37 bits per heavy atom. The summed E-state index contributed by atoms with van der Waals surface area (Å²) in [6.45, 7) is 1.78. The van der Waals surface area contributed by atoms with Crippen LogP contribution in [-0.4, -0.2) is 44.8 Å². The number of amides is 1. The average molecular weight is 439 g/mol. The van der Waals surface area contributed by atoms with Crippen LogP contribution in [0.1, 0.15) is 35.3 Å². The van der Waals surface area contributed by atoms with E-state index in [1.165, 1.54) is 18.4 Å². The van der Waals surface area contributed by atoms with Crippen LogP contribution in [0.3, 0.4) is 0 Å². The van der Waals surface area contributed by atoms with E-state index in [0.29, 0.717) is 16.2 Å². The van der Waals surface area contributed by atoms with Gasteiger partial charge in [0.1, 0.15) is 16.2 Å². The van der Waals surface area contributed by atoms with Crippen LogP contribution in [-0.2, 0) is 13.2 Å². The Balaban J connectivity index is 1.57. The molecule has 1 saturated heterocycles. The van der Waals surface area contributed by atoms with E-state index in [1.54, 1.807) is 11.6 Å². The zero-order chi connectivity index (χ0) is 21.3. The van der Waals surface area contributed by atoms with E-state index in [4.69, 9.17) is 0 Å². The molecule has 160 valence electrons. The second kappa shape index (κ2) is 8.19. The Morgan fingerprint density at radius 2 is 2.20 bits per heavy atom. The van der Waals surface area contributed by atoms with Gasteiger partial charge in [-0.2, -0.15) is 18.3 Å². The van der Waals surface area contributed by atoms with Crippen LogP contribution >= 0.6 is 11.3 Å². The van der Waals surface area contributed by atoms with Gasteiger partial charge < -0.3 is 16.0 Å². The van der Waals surface area contributed by atoms with Crippen LogP contribution in [0.2, 0.25) is 0 Å². The van der Waals surface area contributed by atoms with Gasteiger partial charge in [-0.25, -0.2) is 9.97 Å². The summed E-state index contributed by atoms with van der Waals surface area (Å²) in [6.07, 6.45) is 1.25. The van der Waals surface area contributed by atoms with E-state index in [2.05, 4.69) is 31.0 Å². The zero-order valence-electron chi connectivity index (χ0n) is 16.1. The van der Waals surface area contributed by atoms with Crippen molar-refractivity contribution in [2.45, 2.75) is 31.5 Å². The van der Waals surface area contributed by atoms with Gasteiger partial charge in [0.15, 0.2) is 5.69 Å². The minimum Gasteiger partial charge on any atom is -0.365 e. The summed E-state index contributed by atoms with van der Waals surface area (Å²) in [5.41, 5.74) is -1.03. The number of alkyl halides is 3. The molecule has 0 spiro atoms. The topological polar surface area (TPSA) is 96.8 Å². The lowest BCUT2D eigenvalue weighted by molar-refractivity contribution is -0.140. The second-order valence-electron chi connectivity index (χ2n) is 7.12. The largest absolute Gasteiger partial charge is 0.437 e. The van der Waals surface area contributed by atoms with Crippen molar-refractivity contribution < 1.29 is 18.0 Å². The summed E-state index contributed by atoms with van der Waals surface area (Å²) >= 11 is 1.21. The van der Waals surface area contributed by atoms with Crippen molar-refractivity contribution in [2.24, 2.45) is 7.05 Å². The van der Waals surface area contributed by atoms with Gasteiger partial charge in [0.25, 0.3) is 5.91 Å². The number of rotatable bonds is 4. The minimum absolute atomic E-state index is 0.169. The van der Waals surface area contributed by atoms with E-state index < -0.39 is 23.5 Å². The van der Waals surface area contributed by atoms with Gasteiger partial charge in [0.05, 0.1) is 17.4 Å².